The summed E-state index contributed by atoms with van der Waals surface area (Å²) in [4.78, 5) is 24.9. The molecule has 0 bridgehead atoms. The SMILES string of the molecule is COC(=O)CCCNC(=O)CN(CCCO)C1CCC1. The van der Waals surface area contributed by atoms with E-state index in [1.807, 2.05) is 0 Å². The van der Waals surface area contributed by atoms with Crippen molar-refractivity contribution in [1.82, 2.24) is 10.2 Å². The first-order valence-electron chi connectivity index (χ1n) is 7.35. The second kappa shape index (κ2) is 9.72. The number of esters is 1. The monoisotopic (exact) mass is 286 g/mol. The van der Waals surface area contributed by atoms with E-state index < -0.39 is 0 Å². The predicted molar refractivity (Wildman–Crippen MR) is 75.2 cm³/mol. The molecule has 0 aliphatic heterocycles. The minimum atomic E-state index is -0.252. The molecule has 2 N–H and O–H groups in total. The molecule has 1 aliphatic rings. The molecule has 0 aromatic heterocycles. The van der Waals surface area contributed by atoms with Crippen molar-refractivity contribution in [2.75, 3.05) is 33.4 Å². The number of ether oxygens (including phenoxy) is 1. The highest BCUT2D eigenvalue weighted by atomic mass is 16.5. The number of hydrogen-bond acceptors (Lipinski definition) is 5. The van der Waals surface area contributed by atoms with Gasteiger partial charge in [-0.15, -0.1) is 0 Å². The van der Waals surface area contributed by atoms with Gasteiger partial charge in [0, 0.05) is 32.2 Å². The normalized spacial score (nSPS) is 14.9. The Morgan fingerprint density at radius 2 is 2.10 bits per heavy atom. The van der Waals surface area contributed by atoms with Crippen LogP contribution < -0.4 is 5.32 Å². The summed E-state index contributed by atoms with van der Waals surface area (Å²) in [5, 5.41) is 11.7. The Bertz CT molecular complexity index is 306. The zero-order valence-corrected chi connectivity index (χ0v) is 12.3. The van der Waals surface area contributed by atoms with Crippen molar-refractivity contribution in [2.24, 2.45) is 0 Å². The number of amides is 1. The number of rotatable bonds is 10. The Balaban J connectivity index is 2.18. The first-order chi connectivity index (χ1) is 9.67. The van der Waals surface area contributed by atoms with E-state index in [4.69, 9.17) is 5.11 Å². The second-order valence-corrected chi connectivity index (χ2v) is 5.16. The number of hydrogen-bond donors (Lipinski definition) is 2. The fourth-order valence-electron chi connectivity index (χ4n) is 2.22. The Kier molecular flexibility index (Phi) is 8.22. The van der Waals surface area contributed by atoms with Crippen molar-refractivity contribution < 1.29 is 19.4 Å². The Labute approximate surface area is 120 Å². The molecule has 0 heterocycles. The Morgan fingerprint density at radius 1 is 1.35 bits per heavy atom. The van der Waals surface area contributed by atoms with E-state index >= 15 is 0 Å². The lowest BCUT2D eigenvalue weighted by Crippen LogP contribution is -2.46. The highest BCUT2D eigenvalue weighted by Crippen LogP contribution is 2.24. The smallest absolute Gasteiger partial charge is 0.305 e. The van der Waals surface area contributed by atoms with E-state index in [0.29, 0.717) is 38.4 Å². The van der Waals surface area contributed by atoms with Gasteiger partial charge in [-0.3, -0.25) is 14.5 Å². The fraction of sp³-hybridized carbons (Fsp3) is 0.857. The molecular formula is C14H26N2O4. The van der Waals surface area contributed by atoms with Crippen LogP contribution in [-0.2, 0) is 14.3 Å². The van der Waals surface area contributed by atoms with Crippen molar-refractivity contribution in [2.45, 2.75) is 44.6 Å². The number of carbonyl (C=O) groups is 2. The van der Waals surface area contributed by atoms with Crippen LogP contribution in [0.1, 0.15) is 38.5 Å². The summed E-state index contributed by atoms with van der Waals surface area (Å²) in [6.45, 7) is 1.79. The molecule has 1 amide bonds. The zero-order valence-electron chi connectivity index (χ0n) is 12.3. The average Bonchev–Trinajstić information content (AvgIpc) is 2.38. The predicted octanol–water partition coefficient (Wildman–Crippen LogP) is 0.293. The van der Waals surface area contributed by atoms with E-state index in [-0.39, 0.29) is 18.5 Å². The summed E-state index contributed by atoms with van der Waals surface area (Å²) < 4.78 is 4.54. The van der Waals surface area contributed by atoms with Crippen LogP contribution in [0.25, 0.3) is 0 Å². The van der Waals surface area contributed by atoms with Gasteiger partial charge in [-0.25, -0.2) is 0 Å². The number of aliphatic hydroxyl groups is 1. The van der Waals surface area contributed by atoms with Crippen LogP contribution >= 0.6 is 0 Å². The van der Waals surface area contributed by atoms with Gasteiger partial charge in [-0.1, -0.05) is 6.42 Å². The molecule has 1 rings (SSSR count). The first kappa shape index (κ1) is 16.9. The molecule has 1 saturated carbocycles. The molecule has 116 valence electrons. The number of nitrogens with one attached hydrogen (secondary N) is 1. The summed E-state index contributed by atoms with van der Waals surface area (Å²) in [6, 6.07) is 0.488. The first-order valence-corrected chi connectivity index (χ1v) is 7.35. The summed E-state index contributed by atoms with van der Waals surface area (Å²) in [7, 11) is 1.36. The third-order valence-corrected chi connectivity index (χ3v) is 3.65. The zero-order chi connectivity index (χ0) is 14.8. The number of aliphatic hydroxyl groups excluding tert-OH is 1. The van der Waals surface area contributed by atoms with Gasteiger partial charge in [0.25, 0.3) is 0 Å². The quantitative estimate of drug-likeness (QED) is 0.446. The molecular weight excluding hydrogens is 260 g/mol. The molecule has 0 radical (unpaired) electrons. The van der Waals surface area contributed by atoms with Gasteiger partial charge in [0.2, 0.25) is 5.91 Å². The van der Waals surface area contributed by atoms with Gasteiger partial charge < -0.3 is 15.2 Å². The minimum Gasteiger partial charge on any atom is -0.469 e. The number of carbonyl (C=O) groups excluding carboxylic acids is 2. The van der Waals surface area contributed by atoms with Crippen LogP contribution in [0.5, 0.6) is 0 Å². The van der Waals surface area contributed by atoms with Crippen molar-refractivity contribution in [1.29, 1.82) is 0 Å². The molecule has 6 nitrogen and oxygen atoms in total. The molecule has 0 spiro atoms. The van der Waals surface area contributed by atoms with E-state index in [9.17, 15) is 9.59 Å². The van der Waals surface area contributed by atoms with Gasteiger partial charge in [0.15, 0.2) is 0 Å². The summed E-state index contributed by atoms with van der Waals surface area (Å²) in [5.41, 5.74) is 0. The number of nitrogens with zero attached hydrogens (tertiary/aromatic N) is 1. The highest BCUT2D eigenvalue weighted by Gasteiger charge is 2.25. The van der Waals surface area contributed by atoms with E-state index in [2.05, 4.69) is 15.0 Å². The highest BCUT2D eigenvalue weighted by molar-refractivity contribution is 5.78. The maximum absolute atomic E-state index is 11.8. The van der Waals surface area contributed by atoms with Gasteiger partial charge in [0.05, 0.1) is 13.7 Å². The molecule has 0 unspecified atom stereocenters. The molecule has 0 aromatic rings. The third kappa shape index (κ3) is 6.34. The van der Waals surface area contributed by atoms with Crippen LogP contribution in [0.2, 0.25) is 0 Å². The Hall–Kier alpha value is -1.14. The van der Waals surface area contributed by atoms with Crippen molar-refractivity contribution in [3.63, 3.8) is 0 Å². The van der Waals surface area contributed by atoms with Gasteiger partial charge in [-0.2, -0.15) is 0 Å². The molecule has 1 fully saturated rings. The largest absolute Gasteiger partial charge is 0.469 e. The van der Waals surface area contributed by atoms with Crippen molar-refractivity contribution in [3.8, 4) is 0 Å². The molecule has 0 atom stereocenters. The standard InChI is InChI=1S/C14H26N2O4/c1-20-14(19)7-3-8-15-13(18)11-16(9-4-10-17)12-5-2-6-12/h12,17H,2-11H2,1H3,(H,15,18). The third-order valence-electron chi connectivity index (χ3n) is 3.65. The van der Waals surface area contributed by atoms with E-state index in [0.717, 1.165) is 19.4 Å². The molecule has 20 heavy (non-hydrogen) atoms. The molecule has 0 saturated heterocycles. The minimum absolute atomic E-state index is 0.0142. The summed E-state index contributed by atoms with van der Waals surface area (Å²) >= 11 is 0. The van der Waals surface area contributed by atoms with Gasteiger partial charge in [0.1, 0.15) is 0 Å². The second-order valence-electron chi connectivity index (χ2n) is 5.16. The average molecular weight is 286 g/mol. The topological polar surface area (TPSA) is 78.9 Å². The van der Waals surface area contributed by atoms with Crippen LogP contribution in [0.15, 0.2) is 0 Å². The lowest BCUT2D eigenvalue weighted by Gasteiger charge is -2.37. The molecule has 6 heteroatoms. The number of methoxy groups -OCH3 is 1. The lowest BCUT2D eigenvalue weighted by atomic mass is 9.91. The summed E-state index contributed by atoms with van der Waals surface area (Å²) in [6.07, 6.45) is 5.13. The molecule has 1 aliphatic carbocycles. The summed E-state index contributed by atoms with van der Waals surface area (Å²) in [5.74, 6) is -0.266. The van der Waals surface area contributed by atoms with Crippen LogP contribution in [0.3, 0.4) is 0 Å². The maximum Gasteiger partial charge on any atom is 0.305 e. The van der Waals surface area contributed by atoms with Crippen molar-refractivity contribution in [3.05, 3.63) is 0 Å². The van der Waals surface area contributed by atoms with Crippen molar-refractivity contribution >= 4 is 11.9 Å². The van der Waals surface area contributed by atoms with E-state index in [1.165, 1.54) is 13.5 Å². The van der Waals surface area contributed by atoms with Crippen LogP contribution in [0, 0.1) is 0 Å². The Morgan fingerprint density at radius 3 is 2.65 bits per heavy atom. The fourth-order valence-corrected chi connectivity index (χ4v) is 2.22. The van der Waals surface area contributed by atoms with Gasteiger partial charge >= 0.3 is 5.97 Å². The van der Waals surface area contributed by atoms with Crippen LogP contribution in [0.4, 0.5) is 0 Å². The molecule has 0 aromatic carbocycles. The lowest BCUT2D eigenvalue weighted by molar-refractivity contribution is -0.140. The van der Waals surface area contributed by atoms with E-state index in [1.54, 1.807) is 0 Å². The maximum atomic E-state index is 11.8. The van der Waals surface area contributed by atoms with Crippen LogP contribution in [-0.4, -0.2) is 61.3 Å². The van der Waals surface area contributed by atoms with Gasteiger partial charge in [-0.05, 0) is 25.7 Å².